The molecular formula is C13H19FN2O3S. The highest BCUT2D eigenvalue weighted by molar-refractivity contribution is 7.89. The van der Waals surface area contributed by atoms with E-state index in [4.69, 9.17) is 5.73 Å². The van der Waals surface area contributed by atoms with Crippen LogP contribution in [-0.4, -0.2) is 26.2 Å². The first-order chi connectivity index (χ1) is 9.40. The summed E-state index contributed by atoms with van der Waals surface area (Å²) in [4.78, 5) is -0.158. The van der Waals surface area contributed by atoms with Gasteiger partial charge in [-0.2, -0.15) is 0 Å². The molecule has 20 heavy (non-hydrogen) atoms. The van der Waals surface area contributed by atoms with E-state index in [1.165, 1.54) is 12.1 Å². The summed E-state index contributed by atoms with van der Waals surface area (Å²) in [6.07, 6.45) is 2.96. The highest BCUT2D eigenvalue weighted by atomic mass is 32.2. The molecule has 1 saturated carbocycles. The Kier molecular flexibility index (Phi) is 4.62. The largest absolute Gasteiger partial charge is 0.396 e. The number of nitrogens with one attached hydrogen (secondary N) is 1. The molecule has 1 aliphatic carbocycles. The molecule has 0 aromatic heterocycles. The van der Waals surface area contributed by atoms with Crippen molar-refractivity contribution in [2.45, 2.75) is 36.7 Å². The van der Waals surface area contributed by atoms with Crippen LogP contribution >= 0.6 is 0 Å². The lowest BCUT2D eigenvalue weighted by Gasteiger charge is -2.27. The molecule has 1 fully saturated rings. The Balaban J connectivity index is 2.05. The van der Waals surface area contributed by atoms with Gasteiger partial charge >= 0.3 is 0 Å². The number of nitrogens with two attached hydrogens (primary N) is 1. The molecular weight excluding hydrogens is 283 g/mol. The van der Waals surface area contributed by atoms with Crippen molar-refractivity contribution < 1.29 is 17.9 Å². The Morgan fingerprint density at radius 3 is 2.70 bits per heavy atom. The van der Waals surface area contributed by atoms with Gasteiger partial charge in [-0.25, -0.2) is 17.5 Å². The van der Waals surface area contributed by atoms with Crippen LogP contribution in [0.4, 0.5) is 10.1 Å². The Morgan fingerprint density at radius 2 is 2.05 bits per heavy atom. The maximum Gasteiger partial charge on any atom is 0.240 e. The minimum Gasteiger partial charge on any atom is -0.396 e. The van der Waals surface area contributed by atoms with Gasteiger partial charge < -0.3 is 10.8 Å². The second kappa shape index (κ2) is 6.07. The van der Waals surface area contributed by atoms with Gasteiger partial charge in [0, 0.05) is 6.54 Å². The van der Waals surface area contributed by atoms with E-state index in [1.807, 2.05) is 0 Å². The average Bonchev–Trinajstić information content (AvgIpc) is 2.41. The lowest BCUT2D eigenvalue weighted by atomic mass is 9.87. The highest BCUT2D eigenvalue weighted by Crippen LogP contribution is 2.24. The third-order valence-electron chi connectivity index (χ3n) is 3.69. The van der Waals surface area contributed by atoms with Crippen LogP contribution in [-0.2, 0) is 10.0 Å². The van der Waals surface area contributed by atoms with Crippen molar-refractivity contribution >= 4 is 15.7 Å². The number of rotatable bonds is 4. The molecule has 0 spiro atoms. The normalized spacial score (nSPS) is 23.7. The predicted octanol–water partition coefficient (Wildman–Crippen LogP) is 1.24. The Hall–Kier alpha value is -1.18. The van der Waals surface area contributed by atoms with Gasteiger partial charge in [0.1, 0.15) is 5.82 Å². The Morgan fingerprint density at radius 1 is 1.35 bits per heavy atom. The minimum absolute atomic E-state index is 0.0860. The second-order valence-corrected chi connectivity index (χ2v) is 6.91. The topological polar surface area (TPSA) is 92.4 Å². The van der Waals surface area contributed by atoms with Crippen LogP contribution < -0.4 is 10.5 Å². The Bertz CT molecular complexity index is 577. The summed E-state index contributed by atoms with van der Waals surface area (Å²) in [6, 6.07) is 3.38. The van der Waals surface area contributed by atoms with Gasteiger partial charge in [0.05, 0.1) is 16.7 Å². The summed E-state index contributed by atoms with van der Waals surface area (Å²) in [5, 5.41) is 9.81. The van der Waals surface area contributed by atoms with Crippen molar-refractivity contribution in [3.05, 3.63) is 24.0 Å². The van der Waals surface area contributed by atoms with E-state index in [-0.39, 0.29) is 23.0 Å². The highest BCUT2D eigenvalue weighted by Gasteiger charge is 2.25. The van der Waals surface area contributed by atoms with Crippen molar-refractivity contribution in [2.75, 3.05) is 12.3 Å². The van der Waals surface area contributed by atoms with Crippen molar-refractivity contribution in [2.24, 2.45) is 5.92 Å². The summed E-state index contributed by atoms with van der Waals surface area (Å²) in [5.74, 6) is -0.845. The molecule has 2 atom stereocenters. The maximum atomic E-state index is 13.3. The number of nitrogen functional groups attached to an aromatic ring is 1. The third kappa shape index (κ3) is 3.47. The fourth-order valence-corrected chi connectivity index (χ4v) is 3.51. The zero-order valence-electron chi connectivity index (χ0n) is 11.0. The van der Waals surface area contributed by atoms with Crippen LogP contribution in [0.15, 0.2) is 23.1 Å². The van der Waals surface area contributed by atoms with Crippen LogP contribution in [0, 0.1) is 11.7 Å². The first-order valence-corrected chi connectivity index (χ1v) is 8.11. The lowest BCUT2D eigenvalue weighted by Crippen LogP contribution is -2.36. The van der Waals surface area contributed by atoms with E-state index in [0.29, 0.717) is 6.42 Å². The Labute approximate surface area is 118 Å². The van der Waals surface area contributed by atoms with Gasteiger partial charge in [0.2, 0.25) is 10.0 Å². The standard InChI is InChI=1S/C13H19FN2O3S/c14-11-7-10(5-6-12(11)15)20(18,19)16-8-9-3-1-2-4-13(9)17/h5-7,9,13,16-17H,1-4,8,15H2. The molecule has 0 heterocycles. The van der Waals surface area contributed by atoms with Crippen molar-refractivity contribution in [1.29, 1.82) is 0 Å². The second-order valence-electron chi connectivity index (χ2n) is 5.15. The van der Waals surface area contributed by atoms with Gasteiger partial charge in [-0.15, -0.1) is 0 Å². The molecule has 5 nitrogen and oxygen atoms in total. The number of hydrogen-bond donors (Lipinski definition) is 3. The molecule has 1 aromatic rings. The summed E-state index contributed by atoms with van der Waals surface area (Å²) >= 11 is 0. The third-order valence-corrected chi connectivity index (χ3v) is 5.11. The summed E-state index contributed by atoms with van der Waals surface area (Å²) < 4.78 is 39.8. The van der Waals surface area contributed by atoms with E-state index in [0.717, 1.165) is 25.3 Å². The fraction of sp³-hybridized carbons (Fsp3) is 0.538. The van der Waals surface area contributed by atoms with Crippen LogP contribution in [0.5, 0.6) is 0 Å². The zero-order valence-corrected chi connectivity index (χ0v) is 11.9. The monoisotopic (exact) mass is 302 g/mol. The average molecular weight is 302 g/mol. The zero-order chi connectivity index (χ0) is 14.8. The van der Waals surface area contributed by atoms with E-state index < -0.39 is 21.9 Å². The number of benzene rings is 1. The summed E-state index contributed by atoms with van der Waals surface area (Å²) in [5.41, 5.74) is 5.23. The lowest BCUT2D eigenvalue weighted by molar-refractivity contribution is 0.0724. The smallest absolute Gasteiger partial charge is 0.240 e. The molecule has 0 bridgehead atoms. The number of anilines is 1. The number of sulfonamides is 1. The quantitative estimate of drug-likeness (QED) is 0.730. The maximum absolute atomic E-state index is 13.3. The predicted molar refractivity (Wildman–Crippen MR) is 74.0 cm³/mol. The van der Waals surface area contributed by atoms with Gasteiger partial charge in [0.25, 0.3) is 0 Å². The number of aliphatic hydroxyl groups excluding tert-OH is 1. The molecule has 4 N–H and O–H groups in total. The van der Waals surface area contributed by atoms with E-state index in [1.54, 1.807) is 0 Å². The van der Waals surface area contributed by atoms with E-state index in [9.17, 15) is 17.9 Å². The number of halogens is 1. The van der Waals surface area contributed by atoms with Crippen molar-refractivity contribution in [3.63, 3.8) is 0 Å². The fourth-order valence-electron chi connectivity index (χ4n) is 2.40. The van der Waals surface area contributed by atoms with Gasteiger partial charge in [-0.1, -0.05) is 12.8 Å². The number of aliphatic hydroxyl groups is 1. The molecule has 0 aliphatic heterocycles. The molecule has 7 heteroatoms. The van der Waals surface area contributed by atoms with Crippen LogP contribution in [0.25, 0.3) is 0 Å². The summed E-state index contributed by atoms with van der Waals surface area (Å²) in [6.45, 7) is 0.162. The molecule has 0 saturated heterocycles. The van der Waals surface area contributed by atoms with Gasteiger partial charge in [0.15, 0.2) is 0 Å². The molecule has 1 aromatic carbocycles. The van der Waals surface area contributed by atoms with E-state index in [2.05, 4.69) is 4.72 Å². The van der Waals surface area contributed by atoms with Gasteiger partial charge in [-0.05, 0) is 37.0 Å². The van der Waals surface area contributed by atoms with Crippen LogP contribution in [0.1, 0.15) is 25.7 Å². The molecule has 0 radical (unpaired) electrons. The summed E-state index contributed by atoms with van der Waals surface area (Å²) in [7, 11) is -3.78. The van der Waals surface area contributed by atoms with E-state index >= 15 is 0 Å². The molecule has 2 rings (SSSR count). The molecule has 1 aliphatic rings. The minimum atomic E-state index is -3.78. The van der Waals surface area contributed by atoms with Gasteiger partial charge in [-0.3, -0.25) is 0 Å². The SMILES string of the molecule is Nc1ccc(S(=O)(=O)NCC2CCCCC2O)cc1F. The van der Waals surface area contributed by atoms with Crippen LogP contribution in [0.3, 0.4) is 0 Å². The van der Waals surface area contributed by atoms with Crippen molar-refractivity contribution in [3.8, 4) is 0 Å². The molecule has 112 valence electrons. The van der Waals surface area contributed by atoms with Crippen LogP contribution in [0.2, 0.25) is 0 Å². The molecule has 2 unspecified atom stereocenters. The van der Waals surface area contributed by atoms with Crippen molar-refractivity contribution in [1.82, 2.24) is 4.72 Å². The first kappa shape index (κ1) is 15.2. The number of hydrogen-bond acceptors (Lipinski definition) is 4. The molecule has 0 amide bonds. The first-order valence-electron chi connectivity index (χ1n) is 6.63.